The lowest BCUT2D eigenvalue weighted by atomic mass is 9.50. The van der Waals surface area contributed by atoms with E-state index in [2.05, 4.69) is 33.6 Å². The number of aromatic nitrogens is 2. The Kier molecular flexibility index (Phi) is 5.97. The number of carbonyl (C=O) groups excluding carboxylic acids is 1. The Hall–Kier alpha value is -1.49. The number of piperazine rings is 1. The highest BCUT2D eigenvalue weighted by Gasteiger charge is 2.50. The molecule has 1 aromatic heterocycles. The molecule has 4 fully saturated rings. The highest BCUT2D eigenvalue weighted by atomic mass is 16.1. The minimum Gasteiger partial charge on any atom is -0.332 e. The standard InChI is InChI=1S/C13H20N4.C11H18O/c1-10(2)16-8-11-4-5-12(9-16)17(11)13-14-6-3-7-15-13;1-8(2)10(12)9-6-11(7-9)4-3-5-11/h3,6-7,10-12H,4-5,8-9H2,1-2H3;8-9H,3-7H2,1-2H3. The summed E-state index contributed by atoms with van der Waals surface area (Å²) in [6.07, 6.45) is 12.9. The number of fused-ring (bicyclic) bond motifs is 2. The maximum absolute atomic E-state index is 11.6. The molecule has 2 atom stereocenters. The van der Waals surface area contributed by atoms with Crippen molar-refractivity contribution in [3.05, 3.63) is 18.5 Å². The molecular formula is C24H38N4O. The molecule has 0 radical (unpaired) electrons. The first kappa shape index (κ1) is 20.8. The van der Waals surface area contributed by atoms with Gasteiger partial charge < -0.3 is 4.90 Å². The molecule has 2 aliphatic heterocycles. The summed E-state index contributed by atoms with van der Waals surface area (Å²) in [6, 6.07) is 3.75. The van der Waals surface area contributed by atoms with Crippen molar-refractivity contribution in [2.75, 3.05) is 18.0 Å². The van der Waals surface area contributed by atoms with Crippen LogP contribution in [0.1, 0.15) is 72.6 Å². The lowest BCUT2D eigenvalue weighted by molar-refractivity contribution is -0.137. The van der Waals surface area contributed by atoms with Crippen LogP contribution in [0.15, 0.2) is 18.5 Å². The maximum atomic E-state index is 11.6. The molecule has 5 rings (SSSR count). The molecule has 2 saturated heterocycles. The largest absolute Gasteiger partial charge is 0.332 e. The summed E-state index contributed by atoms with van der Waals surface area (Å²) in [7, 11) is 0. The third-order valence-electron chi connectivity index (χ3n) is 7.77. The number of hydrogen-bond acceptors (Lipinski definition) is 5. The predicted octanol–water partition coefficient (Wildman–Crippen LogP) is 4.33. The zero-order valence-corrected chi connectivity index (χ0v) is 18.7. The van der Waals surface area contributed by atoms with Crippen molar-refractivity contribution < 1.29 is 4.79 Å². The fourth-order valence-corrected chi connectivity index (χ4v) is 5.85. The fraction of sp³-hybridized carbons (Fsp3) is 0.792. The molecule has 1 spiro atoms. The van der Waals surface area contributed by atoms with Gasteiger partial charge in [-0.2, -0.15) is 0 Å². The van der Waals surface area contributed by atoms with E-state index in [0.717, 1.165) is 19.0 Å². The van der Waals surface area contributed by atoms with E-state index in [1.165, 1.54) is 44.9 Å². The van der Waals surface area contributed by atoms with Gasteiger partial charge in [0.25, 0.3) is 0 Å². The van der Waals surface area contributed by atoms with Gasteiger partial charge in [-0.1, -0.05) is 20.3 Å². The van der Waals surface area contributed by atoms with Crippen LogP contribution in [0.25, 0.3) is 0 Å². The molecule has 5 nitrogen and oxygen atoms in total. The molecule has 2 unspecified atom stereocenters. The van der Waals surface area contributed by atoms with E-state index in [1.54, 1.807) is 0 Å². The fourth-order valence-electron chi connectivity index (χ4n) is 5.85. The summed E-state index contributed by atoms with van der Waals surface area (Å²) in [6.45, 7) is 10.9. The van der Waals surface area contributed by atoms with Crippen LogP contribution in [-0.2, 0) is 4.79 Å². The normalized spacial score (nSPS) is 28.1. The van der Waals surface area contributed by atoms with Crippen LogP contribution < -0.4 is 4.90 Å². The summed E-state index contributed by atoms with van der Waals surface area (Å²) in [4.78, 5) is 25.4. The molecule has 0 N–H and O–H groups in total. The van der Waals surface area contributed by atoms with Crippen molar-refractivity contribution in [2.45, 2.75) is 90.8 Å². The number of Topliss-reactive ketones (excluding diaryl/α,β-unsaturated/α-hetero) is 1. The van der Waals surface area contributed by atoms with E-state index in [9.17, 15) is 4.79 Å². The molecule has 3 heterocycles. The highest BCUT2D eigenvalue weighted by molar-refractivity contribution is 5.83. The van der Waals surface area contributed by atoms with Crippen molar-refractivity contribution in [3.63, 3.8) is 0 Å². The van der Waals surface area contributed by atoms with Gasteiger partial charge in [0.2, 0.25) is 5.95 Å². The molecule has 29 heavy (non-hydrogen) atoms. The molecule has 2 aliphatic carbocycles. The van der Waals surface area contributed by atoms with Gasteiger partial charge >= 0.3 is 0 Å². The smallest absolute Gasteiger partial charge is 0.225 e. The molecular weight excluding hydrogens is 360 g/mol. The van der Waals surface area contributed by atoms with Crippen LogP contribution in [0, 0.1) is 17.3 Å². The highest BCUT2D eigenvalue weighted by Crippen LogP contribution is 2.59. The number of rotatable bonds is 4. The SMILES string of the molecule is CC(C)C(=O)C1CC2(CCC2)C1.CC(C)N1CC2CCC(C1)N2c1ncccn1. The summed E-state index contributed by atoms with van der Waals surface area (Å²) in [5, 5.41) is 0. The zero-order valence-electron chi connectivity index (χ0n) is 18.7. The lowest BCUT2D eigenvalue weighted by Gasteiger charge is -2.54. The van der Waals surface area contributed by atoms with Crippen molar-refractivity contribution in [1.82, 2.24) is 14.9 Å². The third-order valence-corrected chi connectivity index (χ3v) is 7.77. The minimum atomic E-state index is 0.257. The van der Waals surface area contributed by atoms with Gasteiger partial charge in [-0.15, -0.1) is 0 Å². The molecule has 0 amide bonds. The number of anilines is 1. The van der Waals surface area contributed by atoms with E-state index in [1.807, 2.05) is 32.3 Å². The topological polar surface area (TPSA) is 49.3 Å². The number of nitrogens with zero attached hydrogens (tertiary/aromatic N) is 4. The first-order chi connectivity index (χ1) is 13.9. The number of likely N-dealkylation sites (tertiary alicyclic amines) is 1. The Morgan fingerprint density at radius 1 is 1.03 bits per heavy atom. The van der Waals surface area contributed by atoms with Crippen molar-refractivity contribution in [2.24, 2.45) is 17.3 Å². The Morgan fingerprint density at radius 2 is 1.62 bits per heavy atom. The van der Waals surface area contributed by atoms with E-state index in [4.69, 9.17) is 0 Å². The van der Waals surface area contributed by atoms with Gasteiger partial charge in [0.15, 0.2) is 0 Å². The average Bonchev–Trinajstić information content (AvgIpc) is 2.89. The van der Waals surface area contributed by atoms with Crippen LogP contribution in [0.2, 0.25) is 0 Å². The van der Waals surface area contributed by atoms with E-state index < -0.39 is 0 Å². The Morgan fingerprint density at radius 3 is 2.07 bits per heavy atom. The Bertz CT molecular complexity index is 678. The molecule has 160 valence electrons. The van der Waals surface area contributed by atoms with Crippen molar-refractivity contribution in [3.8, 4) is 0 Å². The van der Waals surface area contributed by atoms with Gasteiger partial charge in [-0.05, 0) is 63.9 Å². The van der Waals surface area contributed by atoms with Crippen LogP contribution in [0.5, 0.6) is 0 Å². The molecule has 5 heteroatoms. The van der Waals surface area contributed by atoms with Crippen LogP contribution in [0.4, 0.5) is 5.95 Å². The zero-order chi connectivity index (χ0) is 20.6. The third kappa shape index (κ3) is 4.21. The monoisotopic (exact) mass is 398 g/mol. The predicted molar refractivity (Wildman–Crippen MR) is 117 cm³/mol. The molecule has 2 bridgehead atoms. The van der Waals surface area contributed by atoms with Crippen LogP contribution >= 0.6 is 0 Å². The van der Waals surface area contributed by atoms with Crippen molar-refractivity contribution in [1.29, 1.82) is 0 Å². The summed E-state index contributed by atoms with van der Waals surface area (Å²) in [5.41, 5.74) is 0.662. The molecule has 4 aliphatic rings. The first-order valence-corrected chi connectivity index (χ1v) is 11.7. The van der Waals surface area contributed by atoms with Gasteiger partial charge in [-0.25, -0.2) is 9.97 Å². The molecule has 0 aromatic carbocycles. The Labute approximate surface area is 176 Å². The average molecular weight is 399 g/mol. The first-order valence-electron chi connectivity index (χ1n) is 11.7. The second-order valence-corrected chi connectivity index (χ2v) is 10.4. The van der Waals surface area contributed by atoms with Gasteiger partial charge in [0.05, 0.1) is 0 Å². The quantitative estimate of drug-likeness (QED) is 0.755. The Balaban J connectivity index is 0.000000150. The minimum absolute atomic E-state index is 0.257. The van der Waals surface area contributed by atoms with Crippen LogP contribution in [-0.4, -0.2) is 51.9 Å². The molecule has 1 aromatic rings. The second-order valence-electron chi connectivity index (χ2n) is 10.4. The van der Waals surface area contributed by atoms with Crippen molar-refractivity contribution >= 4 is 11.7 Å². The summed E-state index contributed by atoms with van der Waals surface area (Å²) in [5.74, 6) is 2.12. The second kappa shape index (κ2) is 8.33. The molecule has 2 saturated carbocycles. The number of hydrogen-bond donors (Lipinski definition) is 0. The number of ketones is 1. The van der Waals surface area contributed by atoms with E-state index in [-0.39, 0.29) is 5.92 Å². The van der Waals surface area contributed by atoms with Gasteiger partial charge in [0, 0.05) is 55.4 Å². The summed E-state index contributed by atoms with van der Waals surface area (Å²) < 4.78 is 0. The van der Waals surface area contributed by atoms with E-state index >= 15 is 0 Å². The lowest BCUT2D eigenvalue weighted by Crippen LogP contribution is -2.56. The van der Waals surface area contributed by atoms with E-state index in [0.29, 0.717) is 35.2 Å². The maximum Gasteiger partial charge on any atom is 0.225 e. The summed E-state index contributed by atoms with van der Waals surface area (Å²) >= 11 is 0. The van der Waals surface area contributed by atoms with Gasteiger partial charge in [0.1, 0.15) is 5.78 Å². The number of carbonyl (C=O) groups is 1. The van der Waals surface area contributed by atoms with Gasteiger partial charge in [-0.3, -0.25) is 9.69 Å². The van der Waals surface area contributed by atoms with Crippen LogP contribution in [0.3, 0.4) is 0 Å².